The topological polar surface area (TPSA) is 126 Å². The molecule has 43 heavy (non-hydrogen) atoms. The van der Waals surface area contributed by atoms with Gasteiger partial charge in [0.1, 0.15) is 6.61 Å². The van der Waals surface area contributed by atoms with Crippen molar-refractivity contribution >= 4 is 11.9 Å². The maximum absolute atomic E-state index is 13.5. The smallest absolute Gasteiger partial charge is 0.331 e. The molecule has 0 bridgehead atoms. The standard InChI is InChI=1S/C26H37F5O12/c1-34-20(33)18-42-17-16-41-15-14-40-13-12-39-11-10-38-9-8-37-7-6-36-5-4-35-3-2-19(32)43-26-24(30)22(28)21(27)23(29)25(26)31/h2-18H2,1H3. The molecule has 0 aliphatic heterocycles. The zero-order valence-corrected chi connectivity index (χ0v) is 23.8. The summed E-state index contributed by atoms with van der Waals surface area (Å²) < 4.78 is 117. The van der Waals surface area contributed by atoms with E-state index in [1.54, 1.807) is 0 Å². The Labute approximate surface area is 245 Å². The Balaban J connectivity index is 1.82. The molecule has 248 valence electrons. The molecule has 0 saturated heterocycles. The third-order valence-electron chi connectivity index (χ3n) is 4.89. The van der Waals surface area contributed by atoms with Crippen LogP contribution in [-0.4, -0.2) is 125 Å². The van der Waals surface area contributed by atoms with Gasteiger partial charge in [0.2, 0.25) is 34.8 Å². The van der Waals surface area contributed by atoms with Crippen molar-refractivity contribution in [3.63, 3.8) is 0 Å². The Bertz CT molecular complexity index is 896. The highest BCUT2D eigenvalue weighted by Crippen LogP contribution is 2.29. The van der Waals surface area contributed by atoms with Crippen LogP contribution in [0.25, 0.3) is 0 Å². The number of benzene rings is 1. The van der Waals surface area contributed by atoms with Gasteiger partial charge in [0.25, 0.3) is 0 Å². The summed E-state index contributed by atoms with van der Waals surface area (Å²) in [6, 6.07) is 0. The van der Waals surface area contributed by atoms with Gasteiger partial charge in [0.15, 0.2) is 0 Å². The average molecular weight is 637 g/mol. The third-order valence-corrected chi connectivity index (χ3v) is 4.89. The summed E-state index contributed by atoms with van der Waals surface area (Å²) in [5, 5.41) is 0. The van der Waals surface area contributed by atoms with Gasteiger partial charge < -0.3 is 47.4 Å². The lowest BCUT2D eigenvalue weighted by molar-refractivity contribution is -0.146. The van der Waals surface area contributed by atoms with Gasteiger partial charge in [-0.25, -0.2) is 18.0 Å². The lowest BCUT2D eigenvalue weighted by Crippen LogP contribution is -2.16. The fourth-order valence-electron chi connectivity index (χ4n) is 2.75. The molecule has 0 heterocycles. The van der Waals surface area contributed by atoms with Gasteiger partial charge in [-0.2, -0.15) is 8.78 Å². The Kier molecular flexibility index (Phi) is 22.3. The van der Waals surface area contributed by atoms with E-state index in [0.717, 1.165) is 0 Å². The quantitative estimate of drug-likeness (QED) is 0.0350. The van der Waals surface area contributed by atoms with Crippen LogP contribution >= 0.6 is 0 Å². The second-order valence-electron chi connectivity index (χ2n) is 8.04. The zero-order valence-electron chi connectivity index (χ0n) is 23.8. The first-order valence-electron chi connectivity index (χ1n) is 13.2. The predicted molar refractivity (Wildman–Crippen MR) is 135 cm³/mol. The van der Waals surface area contributed by atoms with Gasteiger partial charge >= 0.3 is 11.9 Å². The summed E-state index contributed by atoms with van der Waals surface area (Å²) in [6.45, 7) is 4.23. The van der Waals surface area contributed by atoms with E-state index >= 15 is 0 Å². The van der Waals surface area contributed by atoms with Crippen LogP contribution in [0.5, 0.6) is 5.75 Å². The largest absolute Gasteiger partial charge is 0.467 e. The van der Waals surface area contributed by atoms with E-state index in [-0.39, 0.29) is 39.6 Å². The van der Waals surface area contributed by atoms with Crippen molar-refractivity contribution in [3.05, 3.63) is 29.1 Å². The fourth-order valence-corrected chi connectivity index (χ4v) is 2.75. The van der Waals surface area contributed by atoms with E-state index in [2.05, 4.69) is 9.47 Å². The van der Waals surface area contributed by atoms with Crippen molar-refractivity contribution in [3.8, 4) is 5.75 Å². The number of esters is 2. The van der Waals surface area contributed by atoms with Crippen molar-refractivity contribution < 1.29 is 78.9 Å². The first-order chi connectivity index (χ1) is 20.8. The summed E-state index contributed by atoms with van der Waals surface area (Å²) in [6.07, 6.45) is -0.490. The number of carbonyl (C=O) groups excluding carboxylic acids is 2. The van der Waals surface area contributed by atoms with E-state index in [9.17, 15) is 31.5 Å². The molecule has 1 aromatic rings. The maximum atomic E-state index is 13.5. The molecule has 12 nitrogen and oxygen atoms in total. The first kappa shape index (κ1) is 38.5. The molecule has 17 heteroatoms. The van der Waals surface area contributed by atoms with Crippen LogP contribution in [0, 0.1) is 29.1 Å². The zero-order chi connectivity index (χ0) is 31.7. The Morgan fingerprint density at radius 1 is 0.442 bits per heavy atom. The van der Waals surface area contributed by atoms with Gasteiger partial charge in [-0.05, 0) is 0 Å². The van der Waals surface area contributed by atoms with Crippen molar-refractivity contribution in [2.24, 2.45) is 0 Å². The summed E-state index contributed by atoms with van der Waals surface area (Å²) >= 11 is 0. The van der Waals surface area contributed by atoms with Gasteiger partial charge in [-0.15, -0.1) is 0 Å². The number of rotatable bonds is 27. The summed E-state index contributed by atoms with van der Waals surface area (Å²) in [5.74, 6) is -14.6. The van der Waals surface area contributed by atoms with Crippen LogP contribution in [0.3, 0.4) is 0 Å². The van der Waals surface area contributed by atoms with E-state index in [1.807, 2.05) is 0 Å². The molecule has 0 aliphatic carbocycles. The van der Waals surface area contributed by atoms with E-state index in [0.29, 0.717) is 66.1 Å². The molecular weight excluding hydrogens is 599 g/mol. The monoisotopic (exact) mass is 636 g/mol. The molecule has 0 atom stereocenters. The lowest BCUT2D eigenvalue weighted by Gasteiger charge is -2.09. The molecular formula is C26H37F5O12. The van der Waals surface area contributed by atoms with E-state index in [1.165, 1.54) is 7.11 Å². The van der Waals surface area contributed by atoms with Crippen LogP contribution in [0.1, 0.15) is 6.42 Å². The normalized spacial score (nSPS) is 11.2. The fraction of sp³-hybridized carbons (Fsp3) is 0.692. The van der Waals surface area contributed by atoms with Crippen LogP contribution in [-0.2, 0) is 52.2 Å². The maximum Gasteiger partial charge on any atom is 0.331 e. The van der Waals surface area contributed by atoms with Gasteiger partial charge in [0, 0.05) is 0 Å². The molecule has 0 saturated carbocycles. The minimum atomic E-state index is -2.35. The molecule has 1 aromatic carbocycles. The second kappa shape index (κ2) is 24.9. The summed E-state index contributed by atoms with van der Waals surface area (Å²) in [4.78, 5) is 22.4. The second-order valence-corrected chi connectivity index (χ2v) is 8.04. The number of halogens is 5. The highest BCUT2D eigenvalue weighted by atomic mass is 19.2. The van der Waals surface area contributed by atoms with Gasteiger partial charge in [-0.3, -0.25) is 4.79 Å². The van der Waals surface area contributed by atoms with Crippen molar-refractivity contribution in [2.45, 2.75) is 6.42 Å². The number of carbonyl (C=O) groups is 2. The summed E-state index contributed by atoms with van der Waals surface area (Å²) in [7, 11) is 1.29. The Morgan fingerprint density at radius 3 is 1.09 bits per heavy atom. The lowest BCUT2D eigenvalue weighted by atomic mass is 10.2. The molecule has 0 spiro atoms. The number of hydrogen-bond acceptors (Lipinski definition) is 12. The van der Waals surface area contributed by atoms with Crippen LogP contribution < -0.4 is 4.74 Å². The average Bonchev–Trinajstić information content (AvgIpc) is 3.00. The minimum absolute atomic E-state index is 0.0763. The molecule has 0 aliphatic rings. The minimum Gasteiger partial charge on any atom is -0.467 e. The van der Waals surface area contributed by atoms with Gasteiger partial charge in [-0.1, -0.05) is 0 Å². The van der Waals surface area contributed by atoms with Crippen molar-refractivity contribution in [1.29, 1.82) is 0 Å². The van der Waals surface area contributed by atoms with Crippen LogP contribution in [0.15, 0.2) is 0 Å². The highest BCUT2D eigenvalue weighted by molar-refractivity contribution is 5.72. The number of methoxy groups -OCH3 is 1. The summed E-state index contributed by atoms with van der Waals surface area (Å²) in [5.41, 5.74) is 0. The van der Waals surface area contributed by atoms with E-state index in [4.69, 9.17) is 37.9 Å². The number of hydrogen-bond donors (Lipinski definition) is 0. The molecule has 0 radical (unpaired) electrons. The van der Waals surface area contributed by atoms with Gasteiger partial charge in [0.05, 0.1) is 113 Å². The van der Waals surface area contributed by atoms with Crippen LogP contribution in [0.2, 0.25) is 0 Å². The molecule has 0 unspecified atom stereocenters. The number of ether oxygens (including phenoxy) is 10. The SMILES string of the molecule is COC(=O)COCCOCCOCCOCCOCCOCCOCCOCCC(=O)Oc1c(F)c(F)c(F)c(F)c1F. The van der Waals surface area contributed by atoms with Crippen molar-refractivity contribution in [2.75, 3.05) is 113 Å². The van der Waals surface area contributed by atoms with E-state index < -0.39 is 53.2 Å². The third kappa shape index (κ3) is 18.0. The molecule has 1 rings (SSSR count). The Morgan fingerprint density at radius 2 is 0.744 bits per heavy atom. The molecule has 0 N–H and O–H groups in total. The molecule has 0 fully saturated rings. The predicted octanol–water partition coefficient (Wildman–Crippen LogP) is 1.98. The first-order valence-corrected chi connectivity index (χ1v) is 13.2. The highest BCUT2D eigenvalue weighted by Gasteiger charge is 2.28. The molecule has 0 aromatic heterocycles. The van der Waals surface area contributed by atoms with Crippen molar-refractivity contribution in [1.82, 2.24) is 0 Å². The Hall–Kier alpha value is -2.51. The van der Waals surface area contributed by atoms with Crippen LogP contribution in [0.4, 0.5) is 22.0 Å². The molecule has 0 amide bonds.